The highest BCUT2D eigenvalue weighted by molar-refractivity contribution is 7.26. The highest BCUT2D eigenvalue weighted by atomic mass is 31.0. The van der Waals surface area contributed by atoms with E-state index in [-0.39, 0.29) is 0 Å². The molecule has 1 atom stereocenters. The van der Waals surface area contributed by atoms with Crippen LogP contribution in [-0.2, 0) is 0 Å². The van der Waals surface area contributed by atoms with Crippen molar-refractivity contribution in [3.63, 3.8) is 0 Å². The number of rotatable bonds is 0. The third kappa shape index (κ3) is 1.24. The first-order valence-electron chi connectivity index (χ1n) is 2.06. The van der Waals surface area contributed by atoms with Crippen LogP contribution in [0.15, 0.2) is 24.4 Å². The minimum Gasteiger partial charge on any atom is -0.257 e. The van der Waals surface area contributed by atoms with Gasteiger partial charge >= 0.3 is 0 Å². The largest absolute Gasteiger partial charge is 0.257 e. The number of hydrogen-bond donors (Lipinski definition) is 0. The van der Waals surface area contributed by atoms with Gasteiger partial charge in [0.25, 0.3) is 0 Å². The van der Waals surface area contributed by atoms with Crippen molar-refractivity contribution in [2.45, 2.75) is 0 Å². The Kier molecular flexibility index (Phi) is 1.38. The van der Waals surface area contributed by atoms with E-state index >= 15 is 0 Å². The molecule has 0 amide bonds. The average Bonchev–Trinajstić information content (AvgIpc) is 1.69. The second-order valence-electron chi connectivity index (χ2n) is 1.25. The van der Waals surface area contributed by atoms with Gasteiger partial charge in [0, 0.05) is 6.20 Å². The van der Waals surface area contributed by atoms with Crippen LogP contribution in [0.2, 0.25) is 0 Å². The molecular weight excluding hydrogens is 105 g/mol. The van der Waals surface area contributed by atoms with Gasteiger partial charge in [-0.3, -0.25) is 4.98 Å². The molecule has 0 bridgehead atoms. The molecular formula is C5H6NP. The van der Waals surface area contributed by atoms with Crippen molar-refractivity contribution >= 4 is 14.7 Å². The number of pyridine rings is 1. The lowest BCUT2D eigenvalue weighted by Crippen LogP contribution is -1.91. The SMILES string of the molecule is Pc1ccccn1. The summed E-state index contributed by atoms with van der Waals surface area (Å²) in [6.07, 6.45) is 1.77. The summed E-state index contributed by atoms with van der Waals surface area (Å²) in [6.45, 7) is 0. The van der Waals surface area contributed by atoms with Crippen molar-refractivity contribution in [1.29, 1.82) is 0 Å². The highest BCUT2D eigenvalue weighted by Crippen LogP contribution is 1.80. The van der Waals surface area contributed by atoms with Crippen LogP contribution in [0.5, 0.6) is 0 Å². The molecule has 1 rings (SSSR count). The van der Waals surface area contributed by atoms with Crippen LogP contribution in [0.1, 0.15) is 0 Å². The molecule has 0 radical (unpaired) electrons. The normalized spacial score (nSPS) is 8.71. The molecule has 36 valence electrons. The lowest BCUT2D eigenvalue weighted by atomic mass is 10.5. The van der Waals surface area contributed by atoms with E-state index in [1.807, 2.05) is 18.2 Å². The maximum Gasteiger partial charge on any atom is 0.0569 e. The first kappa shape index (κ1) is 4.73. The van der Waals surface area contributed by atoms with Crippen LogP contribution in [0.4, 0.5) is 0 Å². The molecule has 0 aliphatic carbocycles. The van der Waals surface area contributed by atoms with Crippen LogP contribution in [0.25, 0.3) is 0 Å². The van der Waals surface area contributed by atoms with E-state index in [1.54, 1.807) is 6.20 Å². The topological polar surface area (TPSA) is 12.9 Å². The second-order valence-corrected chi connectivity index (χ2v) is 1.85. The smallest absolute Gasteiger partial charge is 0.0569 e. The van der Waals surface area contributed by atoms with Crippen molar-refractivity contribution in [3.05, 3.63) is 24.4 Å². The van der Waals surface area contributed by atoms with E-state index in [1.165, 1.54) is 0 Å². The number of hydrogen-bond acceptors (Lipinski definition) is 1. The Bertz CT molecular complexity index is 138. The Morgan fingerprint density at radius 1 is 1.43 bits per heavy atom. The molecule has 0 saturated carbocycles. The fourth-order valence-electron chi connectivity index (χ4n) is 0.376. The van der Waals surface area contributed by atoms with Gasteiger partial charge in [-0.05, 0) is 12.1 Å². The van der Waals surface area contributed by atoms with Gasteiger partial charge in [-0.2, -0.15) is 0 Å². The lowest BCUT2D eigenvalue weighted by Gasteiger charge is -1.82. The lowest BCUT2D eigenvalue weighted by molar-refractivity contribution is 1.40. The van der Waals surface area contributed by atoms with Gasteiger partial charge in [-0.25, -0.2) is 0 Å². The van der Waals surface area contributed by atoms with Gasteiger partial charge in [-0.15, -0.1) is 0 Å². The van der Waals surface area contributed by atoms with Crippen molar-refractivity contribution in [2.75, 3.05) is 0 Å². The van der Waals surface area contributed by atoms with E-state index in [2.05, 4.69) is 14.2 Å². The monoisotopic (exact) mass is 111 g/mol. The molecule has 0 aromatic carbocycles. The quantitative estimate of drug-likeness (QED) is 0.446. The summed E-state index contributed by atoms with van der Waals surface area (Å²) in [5.41, 5.74) is 0.988. The molecule has 1 unspecified atom stereocenters. The zero-order valence-electron chi connectivity index (χ0n) is 3.83. The van der Waals surface area contributed by atoms with Crippen LogP contribution < -0.4 is 5.44 Å². The van der Waals surface area contributed by atoms with Gasteiger partial charge in [0.2, 0.25) is 0 Å². The summed E-state index contributed by atoms with van der Waals surface area (Å²) in [6, 6.07) is 5.79. The molecule has 1 nitrogen and oxygen atoms in total. The van der Waals surface area contributed by atoms with Crippen molar-refractivity contribution < 1.29 is 0 Å². The van der Waals surface area contributed by atoms with E-state index < -0.39 is 0 Å². The summed E-state index contributed by atoms with van der Waals surface area (Å²) in [7, 11) is 2.52. The number of aromatic nitrogens is 1. The Morgan fingerprint density at radius 3 is 2.57 bits per heavy atom. The molecule has 0 aliphatic rings. The fourth-order valence-corrected chi connectivity index (χ4v) is 0.573. The van der Waals surface area contributed by atoms with Gasteiger partial charge < -0.3 is 0 Å². The zero-order valence-corrected chi connectivity index (χ0v) is 4.99. The summed E-state index contributed by atoms with van der Waals surface area (Å²) >= 11 is 0. The Hall–Kier alpha value is -0.420. The molecule has 0 N–H and O–H groups in total. The standard InChI is InChI=1S/C5H6NP/c7-5-3-1-2-4-6-5/h1-4H,7H2. The van der Waals surface area contributed by atoms with Gasteiger partial charge in [0.05, 0.1) is 5.44 Å². The molecule has 1 heterocycles. The molecule has 0 fully saturated rings. The predicted molar refractivity (Wildman–Crippen MR) is 33.6 cm³/mol. The van der Waals surface area contributed by atoms with E-state index in [0.29, 0.717) is 0 Å². The third-order valence-electron chi connectivity index (χ3n) is 0.688. The van der Waals surface area contributed by atoms with Crippen LogP contribution in [0.3, 0.4) is 0 Å². The maximum absolute atomic E-state index is 3.94. The first-order valence-corrected chi connectivity index (χ1v) is 2.64. The minimum absolute atomic E-state index is 0.988. The van der Waals surface area contributed by atoms with Crippen LogP contribution >= 0.6 is 9.24 Å². The number of nitrogens with zero attached hydrogens (tertiary/aromatic N) is 1. The average molecular weight is 111 g/mol. The van der Waals surface area contributed by atoms with E-state index in [9.17, 15) is 0 Å². The van der Waals surface area contributed by atoms with Crippen LogP contribution in [0, 0.1) is 0 Å². The third-order valence-corrected chi connectivity index (χ3v) is 1.03. The Morgan fingerprint density at radius 2 is 2.29 bits per heavy atom. The zero-order chi connectivity index (χ0) is 5.11. The molecule has 0 saturated heterocycles. The van der Waals surface area contributed by atoms with E-state index in [4.69, 9.17) is 0 Å². The van der Waals surface area contributed by atoms with Crippen molar-refractivity contribution in [3.8, 4) is 0 Å². The first-order chi connectivity index (χ1) is 3.39. The van der Waals surface area contributed by atoms with Crippen molar-refractivity contribution in [2.24, 2.45) is 0 Å². The Balaban J connectivity index is 3.02. The summed E-state index contributed by atoms with van der Waals surface area (Å²) in [5, 5.41) is 0. The molecule has 0 spiro atoms. The predicted octanol–water partition coefficient (Wildman–Crippen LogP) is 0.582. The molecule has 1 aromatic heterocycles. The molecule has 7 heavy (non-hydrogen) atoms. The van der Waals surface area contributed by atoms with Crippen LogP contribution in [-0.4, -0.2) is 4.98 Å². The maximum atomic E-state index is 3.94. The second kappa shape index (κ2) is 2.04. The fraction of sp³-hybridized carbons (Fsp3) is 0. The highest BCUT2D eigenvalue weighted by Gasteiger charge is 1.73. The van der Waals surface area contributed by atoms with Gasteiger partial charge in [-0.1, -0.05) is 15.3 Å². The molecule has 0 aliphatic heterocycles. The molecule has 1 aromatic rings. The van der Waals surface area contributed by atoms with E-state index in [0.717, 1.165) is 5.44 Å². The minimum atomic E-state index is 0.988. The summed E-state index contributed by atoms with van der Waals surface area (Å²) in [5.74, 6) is 0. The Labute approximate surface area is 45.0 Å². The van der Waals surface area contributed by atoms with Gasteiger partial charge in [0.15, 0.2) is 0 Å². The van der Waals surface area contributed by atoms with Crippen molar-refractivity contribution in [1.82, 2.24) is 4.98 Å². The summed E-state index contributed by atoms with van der Waals surface area (Å²) in [4.78, 5) is 3.94. The summed E-state index contributed by atoms with van der Waals surface area (Å²) < 4.78 is 0. The van der Waals surface area contributed by atoms with Gasteiger partial charge in [0.1, 0.15) is 0 Å². The molecule has 2 heteroatoms.